The molecule has 2 aliphatic heterocycles. The summed E-state index contributed by atoms with van der Waals surface area (Å²) >= 11 is 1.43. The summed E-state index contributed by atoms with van der Waals surface area (Å²) in [5, 5.41) is 4.72. The maximum Gasteiger partial charge on any atom is 0.270 e. The fourth-order valence-electron chi connectivity index (χ4n) is 3.40. The minimum absolute atomic E-state index is 0.106. The number of piperidine rings is 1. The summed E-state index contributed by atoms with van der Waals surface area (Å²) in [6.45, 7) is 5.31. The van der Waals surface area contributed by atoms with E-state index in [-0.39, 0.29) is 12.0 Å². The summed E-state index contributed by atoms with van der Waals surface area (Å²) in [6.07, 6.45) is 1.27. The third kappa shape index (κ3) is 3.65. The highest BCUT2D eigenvalue weighted by molar-refractivity contribution is 7.07. The molecule has 3 atom stereocenters. The normalized spacial score (nSPS) is 28.5. The quantitative estimate of drug-likeness (QED) is 0.840. The van der Waals surface area contributed by atoms with Crippen molar-refractivity contribution in [3.05, 3.63) is 16.6 Å². The van der Waals surface area contributed by atoms with Gasteiger partial charge in [0.25, 0.3) is 5.91 Å². The molecule has 0 spiro atoms. The predicted molar refractivity (Wildman–Crippen MR) is 84.1 cm³/mol. The molecule has 3 heterocycles. The Hall–Kier alpha value is -1.02. The summed E-state index contributed by atoms with van der Waals surface area (Å²) in [5.41, 5.74) is 2.17. The number of likely N-dealkylation sites (tertiary alicyclic amines) is 1. The molecule has 3 rings (SSSR count). The number of thiazole rings is 1. The van der Waals surface area contributed by atoms with Gasteiger partial charge in [0.05, 0.1) is 24.8 Å². The van der Waals surface area contributed by atoms with E-state index in [1.807, 2.05) is 0 Å². The molecule has 0 bridgehead atoms. The van der Waals surface area contributed by atoms with Crippen LogP contribution in [0.15, 0.2) is 10.9 Å². The van der Waals surface area contributed by atoms with E-state index < -0.39 is 0 Å². The van der Waals surface area contributed by atoms with Crippen LogP contribution in [0.1, 0.15) is 16.9 Å². The molecule has 0 aliphatic carbocycles. The zero-order chi connectivity index (χ0) is 15.4. The molecule has 2 fully saturated rings. The second-order valence-electron chi connectivity index (χ2n) is 5.96. The topological polar surface area (TPSA) is 63.7 Å². The monoisotopic (exact) mass is 325 g/mol. The molecule has 122 valence electrons. The highest BCUT2D eigenvalue weighted by atomic mass is 32.1. The molecular weight excluding hydrogens is 302 g/mol. The van der Waals surface area contributed by atoms with Crippen molar-refractivity contribution in [1.29, 1.82) is 0 Å². The van der Waals surface area contributed by atoms with Gasteiger partial charge in [-0.25, -0.2) is 4.98 Å². The summed E-state index contributed by atoms with van der Waals surface area (Å²) in [5.74, 6) is 1.02. The first-order valence-electron chi connectivity index (χ1n) is 7.77. The Morgan fingerprint density at radius 2 is 2.55 bits per heavy atom. The molecule has 0 unspecified atom stereocenters. The van der Waals surface area contributed by atoms with Gasteiger partial charge in [-0.05, 0) is 18.9 Å². The summed E-state index contributed by atoms with van der Waals surface area (Å²) in [7, 11) is 1.74. The van der Waals surface area contributed by atoms with Crippen LogP contribution in [0.2, 0.25) is 0 Å². The average Bonchev–Trinajstić information content (AvgIpc) is 3.20. The zero-order valence-electron chi connectivity index (χ0n) is 12.9. The second-order valence-corrected chi connectivity index (χ2v) is 6.68. The molecule has 1 amide bonds. The largest absolute Gasteiger partial charge is 0.383 e. The summed E-state index contributed by atoms with van der Waals surface area (Å²) in [6, 6.07) is 0. The molecule has 22 heavy (non-hydrogen) atoms. The first kappa shape index (κ1) is 15.9. The van der Waals surface area contributed by atoms with Crippen molar-refractivity contribution >= 4 is 17.2 Å². The van der Waals surface area contributed by atoms with E-state index in [1.54, 1.807) is 18.0 Å². The first-order valence-corrected chi connectivity index (χ1v) is 8.71. The van der Waals surface area contributed by atoms with Crippen molar-refractivity contribution in [2.45, 2.75) is 12.5 Å². The number of fused-ring (bicyclic) bond motifs is 1. The lowest BCUT2D eigenvalue weighted by Crippen LogP contribution is -2.44. The van der Waals surface area contributed by atoms with E-state index in [9.17, 15) is 4.79 Å². The van der Waals surface area contributed by atoms with Crippen LogP contribution in [0.3, 0.4) is 0 Å². The second kappa shape index (κ2) is 7.50. The van der Waals surface area contributed by atoms with Crippen molar-refractivity contribution in [2.75, 3.05) is 46.5 Å². The maximum absolute atomic E-state index is 11.9. The van der Waals surface area contributed by atoms with E-state index in [0.717, 1.165) is 39.3 Å². The van der Waals surface area contributed by atoms with E-state index in [4.69, 9.17) is 9.47 Å². The average molecular weight is 325 g/mol. The third-order valence-corrected chi connectivity index (χ3v) is 5.21. The Balaban J connectivity index is 1.46. The van der Waals surface area contributed by atoms with Gasteiger partial charge in [0, 0.05) is 38.0 Å². The number of nitrogens with one attached hydrogen (secondary N) is 1. The first-order chi connectivity index (χ1) is 10.8. The Kier molecular flexibility index (Phi) is 5.41. The van der Waals surface area contributed by atoms with E-state index in [1.165, 1.54) is 11.3 Å². The Labute approximate surface area is 134 Å². The SMILES string of the molecule is COCCN1CC[C@@H]2[C@@H](CO[C@H]2CNC(=O)c2cscn2)C1. The van der Waals surface area contributed by atoms with E-state index in [2.05, 4.69) is 15.2 Å². The molecule has 0 radical (unpaired) electrons. The van der Waals surface area contributed by atoms with Crippen LogP contribution in [0.25, 0.3) is 0 Å². The maximum atomic E-state index is 11.9. The number of aromatic nitrogens is 1. The van der Waals surface area contributed by atoms with Crippen molar-refractivity contribution in [3.8, 4) is 0 Å². The number of carbonyl (C=O) groups excluding carboxylic acids is 1. The van der Waals surface area contributed by atoms with E-state index in [0.29, 0.717) is 24.1 Å². The number of hydrogen-bond acceptors (Lipinski definition) is 6. The number of ether oxygens (including phenoxy) is 2. The minimum Gasteiger partial charge on any atom is -0.383 e. The minimum atomic E-state index is -0.106. The molecule has 0 aromatic carbocycles. The van der Waals surface area contributed by atoms with Gasteiger partial charge in [0.1, 0.15) is 5.69 Å². The smallest absolute Gasteiger partial charge is 0.270 e. The molecule has 2 aliphatic rings. The zero-order valence-corrected chi connectivity index (χ0v) is 13.7. The highest BCUT2D eigenvalue weighted by Crippen LogP contribution is 2.34. The Bertz CT molecular complexity index is 482. The van der Waals surface area contributed by atoms with Gasteiger partial charge in [0.15, 0.2) is 0 Å². The Morgan fingerprint density at radius 3 is 3.32 bits per heavy atom. The van der Waals surface area contributed by atoms with Crippen LogP contribution in [0.5, 0.6) is 0 Å². The highest BCUT2D eigenvalue weighted by Gasteiger charge is 2.40. The molecule has 6 nitrogen and oxygen atoms in total. The fourth-order valence-corrected chi connectivity index (χ4v) is 3.94. The standard InChI is InChI=1S/C15H23N3O3S/c1-20-5-4-18-3-2-12-11(7-18)8-21-14(12)6-16-15(19)13-9-22-10-17-13/h9-12,14H,2-8H2,1H3,(H,16,19)/t11-,12-,14+/m1/s1. The van der Waals surface area contributed by atoms with Gasteiger partial charge in [-0.2, -0.15) is 0 Å². The summed E-state index contributed by atoms with van der Waals surface area (Å²) < 4.78 is 11.1. The van der Waals surface area contributed by atoms with Crippen LogP contribution in [0.4, 0.5) is 0 Å². The lowest BCUT2D eigenvalue weighted by Gasteiger charge is -2.35. The molecule has 1 aromatic heterocycles. The van der Waals surface area contributed by atoms with E-state index >= 15 is 0 Å². The molecule has 2 saturated heterocycles. The Morgan fingerprint density at radius 1 is 1.64 bits per heavy atom. The lowest BCUT2D eigenvalue weighted by molar-refractivity contribution is 0.0721. The van der Waals surface area contributed by atoms with Gasteiger partial charge >= 0.3 is 0 Å². The van der Waals surface area contributed by atoms with Crippen molar-refractivity contribution in [1.82, 2.24) is 15.2 Å². The molecular formula is C15H23N3O3S. The third-order valence-electron chi connectivity index (χ3n) is 4.62. The summed E-state index contributed by atoms with van der Waals surface area (Å²) in [4.78, 5) is 18.4. The lowest BCUT2D eigenvalue weighted by atomic mass is 9.84. The number of rotatable bonds is 6. The van der Waals surface area contributed by atoms with Crippen molar-refractivity contribution in [2.24, 2.45) is 11.8 Å². The van der Waals surface area contributed by atoms with Crippen LogP contribution >= 0.6 is 11.3 Å². The van der Waals surface area contributed by atoms with Crippen LogP contribution in [-0.4, -0.2) is 68.4 Å². The molecule has 0 saturated carbocycles. The molecule has 1 N–H and O–H groups in total. The van der Waals surface area contributed by atoms with Gasteiger partial charge in [0.2, 0.25) is 0 Å². The number of hydrogen-bond donors (Lipinski definition) is 1. The number of amides is 1. The molecule has 7 heteroatoms. The molecule has 1 aromatic rings. The number of carbonyl (C=O) groups is 1. The number of methoxy groups -OCH3 is 1. The van der Waals surface area contributed by atoms with Gasteiger partial charge < -0.3 is 19.7 Å². The van der Waals surface area contributed by atoms with Gasteiger partial charge in [-0.1, -0.05) is 0 Å². The van der Waals surface area contributed by atoms with Gasteiger partial charge in [-0.15, -0.1) is 11.3 Å². The van der Waals surface area contributed by atoms with Gasteiger partial charge in [-0.3, -0.25) is 4.79 Å². The number of nitrogens with zero attached hydrogens (tertiary/aromatic N) is 2. The van der Waals surface area contributed by atoms with Crippen LogP contribution in [-0.2, 0) is 9.47 Å². The van der Waals surface area contributed by atoms with Crippen molar-refractivity contribution in [3.63, 3.8) is 0 Å². The van der Waals surface area contributed by atoms with Crippen molar-refractivity contribution < 1.29 is 14.3 Å². The fraction of sp³-hybridized carbons (Fsp3) is 0.733. The van der Waals surface area contributed by atoms with Crippen LogP contribution < -0.4 is 5.32 Å². The van der Waals surface area contributed by atoms with Crippen LogP contribution in [0, 0.1) is 11.8 Å². The predicted octanol–water partition coefficient (Wildman–Crippen LogP) is 0.856.